The third kappa shape index (κ3) is 5.92. The number of aryl methyl sites for hydroxylation is 2. The summed E-state index contributed by atoms with van der Waals surface area (Å²) in [6.07, 6.45) is -3.79. The van der Waals surface area contributed by atoms with Crippen molar-refractivity contribution < 1.29 is 22.7 Å². The number of halogens is 3. The molecule has 0 aromatic heterocycles. The lowest BCUT2D eigenvalue weighted by molar-refractivity contribution is -0.137. The first-order valence-electron chi connectivity index (χ1n) is 9.38. The molecule has 0 aliphatic rings. The number of ether oxygens (including phenoxy) is 1. The van der Waals surface area contributed by atoms with Crippen molar-refractivity contribution in [3.63, 3.8) is 0 Å². The molecule has 0 saturated carbocycles. The first-order chi connectivity index (χ1) is 13.5. The van der Waals surface area contributed by atoms with Gasteiger partial charge in [0.25, 0.3) is 0 Å². The Hall–Kier alpha value is -2.15. The summed E-state index contributed by atoms with van der Waals surface area (Å²) in [6, 6.07) is 5.23. The standard InChI is InChI=1S/C22H26F3NO2S/c1-6-9-28-19-8-7-17(22(23,24)25)11-18(19)26-20(27)12-29-21-15(4)13(2)10-14(3)16(21)5/h7-8,10-11H,6,9,12H2,1-5H3,(H,26,27). The van der Waals surface area contributed by atoms with Crippen molar-refractivity contribution in [1.82, 2.24) is 0 Å². The summed E-state index contributed by atoms with van der Waals surface area (Å²) in [5.74, 6) is -0.0563. The quantitative estimate of drug-likeness (QED) is 0.518. The molecule has 0 radical (unpaired) electrons. The summed E-state index contributed by atoms with van der Waals surface area (Å²) in [5.41, 5.74) is 3.71. The van der Waals surface area contributed by atoms with Crippen molar-refractivity contribution in [2.24, 2.45) is 0 Å². The molecule has 0 unspecified atom stereocenters. The van der Waals surface area contributed by atoms with Crippen molar-refractivity contribution in [2.45, 2.75) is 52.1 Å². The van der Waals surface area contributed by atoms with Gasteiger partial charge in [-0.15, -0.1) is 11.8 Å². The van der Waals surface area contributed by atoms with Gasteiger partial charge in [-0.3, -0.25) is 4.79 Å². The van der Waals surface area contributed by atoms with Crippen LogP contribution >= 0.6 is 11.8 Å². The van der Waals surface area contributed by atoms with Gasteiger partial charge in [0.2, 0.25) is 5.91 Å². The van der Waals surface area contributed by atoms with Gasteiger partial charge in [-0.2, -0.15) is 13.2 Å². The molecule has 1 N–H and O–H groups in total. The molecule has 1 amide bonds. The molecule has 0 fully saturated rings. The molecule has 0 bridgehead atoms. The van der Waals surface area contributed by atoms with Crippen LogP contribution in [0.1, 0.15) is 41.2 Å². The average molecular weight is 426 g/mol. The average Bonchev–Trinajstić information content (AvgIpc) is 2.64. The zero-order valence-corrected chi connectivity index (χ0v) is 18.1. The van der Waals surface area contributed by atoms with Crippen LogP contribution < -0.4 is 10.1 Å². The molecule has 2 aromatic carbocycles. The van der Waals surface area contributed by atoms with Gasteiger partial charge in [-0.25, -0.2) is 0 Å². The maximum absolute atomic E-state index is 13.1. The lowest BCUT2D eigenvalue weighted by Gasteiger charge is -2.16. The zero-order valence-electron chi connectivity index (χ0n) is 17.3. The van der Waals surface area contributed by atoms with Crippen LogP contribution in [0.25, 0.3) is 0 Å². The number of alkyl halides is 3. The zero-order chi connectivity index (χ0) is 21.8. The number of hydrogen-bond acceptors (Lipinski definition) is 3. The largest absolute Gasteiger partial charge is 0.491 e. The summed E-state index contributed by atoms with van der Waals surface area (Å²) in [6.45, 7) is 10.3. The van der Waals surface area contributed by atoms with Crippen LogP contribution in [-0.2, 0) is 11.0 Å². The van der Waals surface area contributed by atoms with Crippen LogP contribution in [0.5, 0.6) is 5.75 Å². The van der Waals surface area contributed by atoms with Crippen molar-refractivity contribution in [3.05, 3.63) is 52.1 Å². The van der Waals surface area contributed by atoms with E-state index in [-0.39, 0.29) is 23.1 Å². The molecule has 0 aliphatic heterocycles. The van der Waals surface area contributed by atoms with E-state index in [2.05, 4.69) is 11.4 Å². The minimum Gasteiger partial charge on any atom is -0.491 e. The highest BCUT2D eigenvalue weighted by Crippen LogP contribution is 2.36. The predicted molar refractivity (Wildman–Crippen MR) is 112 cm³/mol. The number of amides is 1. The highest BCUT2D eigenvalue weighted by molar-refractivity contribution is 8.00. The number of benzene rings is 2. The maximum atomic E-state index is 13.1. The lowest BCUT2D eigenvalue weighted by atomic mass is 10.0. The van der Waals surface area contributed by atoms with Gasteiger partial charge < -0.3 is 10.1 Å². The Bertz CT molecular complexity index is 868. The van der Waals surface area contributed by atoms with Crippen molar-refractivity contribution in [2.75, 3.05) is 17.7 Å². The Morgan fingerprint density at radius 1 is 1.07 bits per heavy atom. The van der Waals surface area contributed by atoms with Crippen LogP contribution in [0, 0.1) is 27.7 Å². The number of carbonyl (C=O) groups excluding carboxylic acids is 1. The van der Waals surface area contributed by atoms with Gasteiger partial charge in [0.1, 0.15) is 5.75 Å². The number of carbonyl (C=O) groups is 1. The van der Waals surface area contributed by atoms with E-state index in [4.69, 9.17) is 4.74 Å². The van der Waals surface area contributed by atoms with E-state index in [1.807, 2.05) is 34.6 Å². The fourth-order valence-electron chi connectivity index (χ4n) is 2.86. The summed E-state index contributed by atoms with van der Waals surface area (Å²) >= 11 is 1.39. The molecular formula is C22H26F3NO2S. The highest BCUT2D eigenvalue weighted by Gasteiger charge is 2.31. The van der Waals surface area contributed by atoms with E-state index >= 15 is 0 Å². The monoisotopic (exact) mass is 425 g/mol. The number of rotatable bonds is 7. The molecule has 3 nitrogen and oxygen atoms in total. The molecule has 0 aliphatic carbocycles. The first kappa shape index (κ1) is 23.1. The molecule has 0 heterocycles. The SMILES string of the molecule is CCCOc1ccc(C(F)(F)F)cc1NC(=O)CSc1c(C)c(C)cc(C)c1C. The molecule has 0 atom stereocenters. The maximum Gasteiger partial charge on any atom is 0.416 e. The number of nitrogens with one attached hydrogen (secondary N) is 1. The second-order valence-corrected chi connectivity index (χ2v) is 7.97. The smallest absolute Gasteiger partial charge is 0.416 e. The van der Waals surface area contributed by atoms with Crippen LogP contribution in [0.15, 0.2) is 29.2 Å². The third-order valence-corrected chi connectivity index (χ3v) is 6.00. The fourth-order valence-corrected chi connectivity index (χ4v) is 3.97. The second-order valence-electron chi connectivity index (χ2n) is 6.98. The molecular weight excluding hydrogens is 399 g/mol. The fraction of sp³-hybridized carbons (Fsp3) is 0.409. The van der Waals surface area contributed by atoms with E-state index < -0.39 is 11.7 Å². The third-order valence-electron chi connectivity index (χ3n) is 4.69. The molecule has 0 saturated heterocycles. The van der Waals surface area contributed by atoms with Gasteiger partial charge in [-0.1, -0.05) is 13.0 Å². The number of thioether (sulfide) groups is 1. The predicted octanol–water partition coefficient (Wildman–Crippen LogP) is 6.46. The van der Waals surface area contributed by atoms with E-state index in [0.29, 0.717) is 13.0 Å². The first-order valence-corrected chi connectivity index (χ1v) is 10.4. The summed E-state index contributed by atoms with van der Waals surface area (Å²) in [4.78, 5) is 13.5. The van der Waals surface area contributed by atoms with Crippen molar-refractivity contribution >= 4 is 23.4 Å². The Kier molecular flexibility index (Phi) is 7.63. The summed E-state index contributed by atoms with van der Waals surface area (Å²) < 4.78 is 44.7. The molecule has 29 heavy (non-hydrogen) atoms. The Balaban J connectivity index is 2.20. The van der Waals surface area contributed by atoms with Gasteiger partial charge in [0.05, 0.1) is 23.6 Å². The minimum absolute atomic E-state index is 0.0349. The summed E-state index contributed by atoms with van der Waals surface area (Å²) in [7, 11) is 0. The molecule has 0 spiro atoms. The lowest BCUT2D eigenvalue weighted by Crippen LogP contribution is -2.16. The van der Waals surface area contributed by atoms with Crippen LogP contribution in [0.2, 0.25) is 0 Å². The highest BCUT2D eigenvalue weighted by atomic mass is 32.2. The Labute approximate surface area is 174 Å². The van der Waals surface area contributed by atoms with E-state index in [0.717, 1.165) is 39.3 Å². The summed E-state index contributed by atoms with van der Waals surface area (Å²) in [5, 5.41) is 2.59. The molecule has 7 heteroatoms. The van der Waals surface area contributed by atoms with Crippen molar-refractivity contribution in [3.8, 4) is 5.75 Å². The van der Waals surface area contributed by atoms with Crippen LogP contribution in [0.4, 0.5) is 18.9 Å². The Morgan fingerprint density at radius 2 is 1.69 bits per heavy atom. The number of anilines is 1. The van der Waals surface area contributed by atoms with Crippen LogP contribution in [0.3, 0.4) is 0 Å². The molecule has 2 rings (SSSR count). The topological polar surface area (TPSA) is 38.3 Å². The van der Waals surface area contributed by atoms with Gasteiger partial charge in [0.15, 0.2) is 0 Å². The minimum atomic E-state index is -4.50. The normalized spacial score (nSPS) is 11.4. The van der Waals surface area contributed by atoms with E-state index in [9.17, 15) is 18.0 Å². The Morgan fingerprint density at radius 3 is 2.24 bits per heavy atom. The van der Waals surface area contributed by atoms with Crippen LogP contribution in [-0.4, -0.2) is 18.3 Å². The number of hydrogen-bond donors (Lipinski definition) is 1. The van der Waals surface area contributed by atoms with Gasteiger partial charge in [0, 0.05) is 4.90 Å². The van der Waals surface area contributed by atoms with E-state index in [1.54, 1.807) is 0 Å². The van der Waals surface area contributed by atoms with E-state index in [1.165, 1.54) is 17.8 Å². The second kappa shape index (κ2) is 9.57. The van der Waals surface area contributed by atoms with Gasteiger partial charge >= 0.3 is 6.18 Å². The van der Waals surface area contributed by atoms with Crippen molar-refractivity contribution in [1.29, 1.82) is 0 Å². The molecule has 158 valence electrons. The van der Waals surface area contributed by atoms with Gasteiger partial charge in [-0.05, 0) is 74.6 Å². The molecule has 2 aromatic rings.